The number of imidazole rings is 1. The molecule has 0 amide bonds. The Balaban J connectivity index is 1.45. The minimum Gasteiger partial charge on any atom is -0.493 e. The first kappa shape index (κ1) is 25.6. The third-order valence-corrected chi connectivity index (χ3v) is 7.06. The van der Waals surface area contributed by atoms with E-state index in [4.69, 9.17) is 12.2 Å². The maximum atomic E-state index is 11.3. The SMILES string of the molecule is CN(C)CCCn1c(O)c(Cc2ccccc2)n(Cc2ccc(-c3ccccc3-c3nn[nH]n3)cc2)c1=S. The van der Waals surface area contributed by atoms with Crippen LogP contribution < -0.4 is 0 Å². The first-order chi connectivity index (χ1) is 18.5. The minimum atomic E-state index is 0.253. The molecular formula is C29H31N7OS. The van der Waals surface area contributed by atoms with E-state index in [1.54, 1.807) is 0 Å². The van der Waals surface area contributed by atoms with Gasteiger partial charge in [0, 0.05) is 18.5 Å². The summed E-state index contributed by atoms with van der Waals surface area (Å²) in [5.41, 5.74) is 6.07. The molecule has 9 heteroatoms. The number of benzene rings is 3. The van der Waals surface area contributed by atoms with E-state index in [9.17, 15) is 5.11 Å². The molecule has 38 heavy (non-hydrogen) atoms. The van der Waals surface area contributed by atoms with Gasteiger partial charge in [-0.1, -0.05) is 78.9 Å². The fraction of sp³-hybridized carbons (Fsp3) is 0.241. The van der Waals surface area contributed by atoms with Crippen molar-refractivity contribution in [1.82, 2.24) is 34.7 Å². The van der Waals surface area contributed by atoms with Crippen molar-refractivity contribution in [2.45, 2.75) is 25.9 Å². The Kier molecular flexibility index (Phi) is 7.76. The number of rotatable bonds is 10. The Hall–Kier alpha value is -4.08. The third kappa shape index (κ3) is 5.58. The quantitative estimate of drug-likeness (QED) is 0.245. The van der Waals surface area contributed by atoms with Crippen LogP contribution in [0, 0.1) is 4.77 Å². The summed E-state index contributed by atoms with van der Waals surface area (Å²) in [6, 6.07) is 26.6. The highest BCUT2D eigenvalue weighted by molar-refractivity contribution is 7.71. The van der Waals surface area contributed by atoms with Crippen LogP contribution in [0.4, 0.5) is 0 Å². The normalized spacial score (nSPS) is 11.3. The summed E-state index contributed by atoms with van der Waals surface area (Å²) < 4.78 is 4.57. The van der Waals surface area contributed by atoms with Crippen molar-refractivity contribution in [2.24, 2.45) is 0 Å². The molecule has 5 rings (SSSR count). The third-order valence-electron chi connectivity index (χ3n) is 6.62. The molecule has 0 fully saturated rings. The summed E-state index contributed by atoms with van der Waals surface area (Å²) in [6.07, 6.45) is 1.51. The number of aromatic nitrogens is 6. The van der Waals surface area contributed by atoms with Gasteiger partial charge < -0.3 is 14.6 Å². The predicted molar refractivity (Wildman–Crippen MR) is 151 cm³/mol. The first-order valence-corrected chi connectivity index (χ1v) is 13.0. The molecule has 2 N–H and O–H groups in total. The van der Waals surface area contributed by atoms with E-state index in [0.717, 1.165) is 46.5 Å². The second-order valence-electron chi connectivity index (χ2n) is 9.59. The zero-order chi connectivity index (χ0) is 26.5. The van der Waals surface area contributed by atoms with Crippen LogP contribution in [0.3, 0.4) is 0 Å². The van der Waals surface area contributed by atoms with Crippen molar-refractivity contribution >= 4 is 12.2 Å². The van der Waals surface area contributed by atoms with Gasteiger partial charge in [-0.2, -0.15) is 5.21 Å². The van der Waals surface area contributed by atoms with Gasteiger partial charge in [-0.25, -0.2) is 0 Å². The van der Waals surface area contributed by atoms with Crippen LogP contribution >= 0.6 is 12.2 Å². The molecule has 194 valence electrons. The number of nitrogens with one attached hydrogen (secondary N) is 1. The lowest BCUT2D eigenvalue weighted by Crippen LogP contribution is -2.15. The number of aromatic amines is 1. The summed E-state index contributed by atoms with van der Waals surface area (Å²) >= 11 is 5.89. The summed E-state index contributed by atoms with van der Waals surface area (Å²) in [4.78, 5) is 2.14. The molecule has 0 spiro atoms. The molecule has 0 atom stereocenters. The number of hydrogen-bond donors (Lipinski definition) is 2. The van der Waals surface area contributed by atoms with Gasteiger partial charge in [-0.15, -0.1) is 10.2 Å². The highest BCUT2D eigenvalue weighted by Crippen LogP contribution is 2.30. The number of tetrazole rings is 1. The summed E-state index contributed by atoms with van der Waals surface area (Å²) in [5, 5.41) is 25.8. The topological polar surface area (TPSA) is 87.8 Å². The minimum absolute atomic E-state index is 0.253. The Morgan fingerprint density at radius 1 is 0.868 bits per heavy atom. The van der Waals surface area contributed by atoms with E-state index in [1.807, 2.05) is 41.0 Å². The predicted octanol–water partition coefficient (Wildman–Crippen LogP) is 5.16. The second kappa shape index (κ2) is 11.5. The van der Waals surface area contributed by atoms with E-state index < -0.39 is 0 Å². The lowest BCUT2D eigenvalue weighted by atomic mass is 9.98. The van der Waals surface area contributed by atoms with E-state index >= 15 is 0 Å². The molecule has 8 nitrogen and oxygen atoms in total. The zero-order valence-electron chi connectivity index (χ0n) is 21.6. The highest BCUT2D eigenvalue weighted by Gasteiger charge is 2.18. The molecule has 0 bridgehead atoms. The van der Waals surface area contributed by atoms with E-state index in [0.29, 0.717) is 30.1 Å². The Labute approximate surface area is 227 Å². The van der Waals surface area contributed by atoms with Crippen molar-refractivity contribution in [2.75, 3.05) is 20.6 Å². The van der Waals surface area contributed by atoms with E-state index in [1.165, 1.54) is 0 Å². The Morgan fingerprint density at radius 3 is 2.26 bits per heavy atom. The largest absolute Gasteiger partial charge is 0.493 e. The van der Waals surface area contributed by atoms with Crippen molar-refractivity contribution in [3.8, 4) is 28.4 Å². The van der Waals surface area contributed by atoms with Gasteiger partial charge in [0.25, 0.3) is 0 Å². The van der Waals surface area contributed by atoms with Crippen LogP contribution in [-0.4, -0.2) is 60.4 Å². The average Bonchev–Trinajstić information content (AvgIpc) is 3.54. The maximum absolute atomic E-state index is 11.3. The lowest BCUT2D eigenvalue weighted by molar-refractivity contribution is 0.365. The maximum Gasteiger partial charge on any atom is 0.213 e. The van der Waals surface area contributed by atoms with Gasteiger partial charge in [0.15, 0.2) is 4.77 Å². The van der Waals surface area contributed by atoms with Crippen molar-refractivity contribution in [1.29, 1.82) is 0 Å². The molecule has 0 aliphatic heterocycles. The molecule has 0 saturated carbocycles. The fourth-order valence-corrected chi connectivity index (χ4v) is 5.03. The van der Waals surface area contributed by atoms with Crippen LogP contribution in [-0.2, 0) is 19.5 Å². The van der Waals surface area contributed by atoms with Crippen LogP contribution in [0.15, 0.2) is 78.9 Å². The van der Waals surface area contributed by atoms with Crippen LogP contribution in [0.1, 0.15) is 23.2 Å². The smallest absolute Gasteiger partial charge is 0.213 e. The van der Waals surface area contributed by atoms with Gasteiger partial charge in [0.2, 0.25) is 11.7 Å². The lowest BCUT2D eigenvalue weighted by Gasteiger charge is -2.11. The number of hydrogen-bond acceptors (Lipinski definition) is 6. The van der Waals surface area contributed by atoms with Crippen LogP contribution in [0.2, 0.25) is 0 Å². The molecule has 3 aromatic carbocycles. The van der Waals surface area contributed by atoms with Crippen molar-refractivity contribution < 1.29 is 5.11 Å². The van der Waals surface area contributed by atoms with Crippen molar-refractivity contribution in [3.63, 3.8) is 0 Å². The van der Waals surface area contributed by atoms with E-state index in [2.05, 4.69) is 86.7 Å². The highest BCUT2D eigenvalue weighted by atomic mass is 32.1. The molecule has 0 unspecified atom stereocenters. The monoisotopic (exact) mass is 525 g/mol. The van der Waals surface area contributed by atoms with Gasteiger partial charge in [-0.05, 0) is 66.7 Å². The van der Waals surface area contributed by atoms with Gasteiger partial charge in [-0.3, -0.25) is 4.57 Å². The Morgan fingerprint density at radius 2 is 1.58 bits per heavy atom. The molecule has 2 heterocycles. The van der Waals surface area contributed by atoms with E-state index in [-0.39, 0.29) is 5.88 Å². The fourth-order valence-electron chi connectivity index (χ4n) is 4.68. The van der Waals surface area contributed by atoms with Gasteiger partial charge >= 0.3 is 0 Å². The van der Waals surface area contributed by atoms with Gasteiger partial charge in [0.05, 0.1) is 12.2 Å². The zero-order valence-corrected chi connectivity index (χ0v) is 22.4. The second-order valence-corrected chi connectivity index (χ2v) is 9.95. The number of nitrogens with zero attached hydrogens (tertiary/aromatic N) is 6. The summed E-state index contributed by atoms with van der Waals surface area (Å²) in [5.74, 6) is 0.816. The standard InChI is InChI=1S/C29H31N7OS/c1-34(2)17-8-18-35-28(37)26(19-21-9-4-3-5-10-21)36(29(35)38)20-22-13-15-23(16-14-22)24-11-6-7-12-25(24)27-30-32-33-31-27/h3-7,9-16,37H,8,17-20H2,1-2H3,(H,30,31,32,33). The molecule has 0 aliphatic rings. The van der Waals surface area contributed by atoms with Gasteiger partial charge in [0.1, 0.15) is 0 Å². The average molecular weight is 526 g/mol. The molecule has 5 aromatic rings. The molecule has 0 aliphatic carbocycles. The van der Waals surface area contributed by atoms with Crippen LogP contribution in [0.25, 0.3) is 22.5 Å². The summed E-state index contributed by atoms with van der Waals surface area (Å²) in [6.45, 7) is 2.17. The Bertz CT molecular complexity index is 1540. The molecule has 0 radical (unpaired) electrons. The van der Waals surface area contributed by atoms with Crippen molar-refractivity contribution in [3.05, 3.63) is 100 Å². The number of H-pyrrole nitrogens is 1. The molecule has 0 saturated heterocycles. The molecular weight excluding hydrogens is 494 g/mol. The summed E-state index contributed by atoms with van der Waals surface area (Å²) in [7, 11) is 4.10. The van der Waals surface area contributed by atoms with Crippen LogP contribution in [0.5, 0.6) is 5.88 Å². The first-order valence-electron chi connectivity index (χ1n) is 12.6. The molecule has 2 aromatic heterocycles. The number of aromatic hydroxyl groups is 1.